The Morgan fingerprint density at radius 2 is 1.71 bits per heavy atom. The van der Waals surface area contributed by atoms with Crippen molar-refractivity contribution >= 4 is 23.2 Å². The summed E-state index contributed by atoms with van der Waals surface area (Å²) in [5.41, 5.74) is 3.56. The number of benzene rings is 2. The van der Waals surface area contributed by atoms with Crippen LogP contribution in [0.15, 0.2) is 60.8 Å². The molecule has 0 bridgehead atoms. The van der Waals surface area contributed by atoms with Crippen molar-refractivity contribution in [2.24, 2.45) is 0 Å². The van der Waals surface area contributed by atoms with Gasteiger partial charge in [0.25, 0.3) is 0 Å². The summed E-state index contributed by atoms with van der Waals surface area (Å²) in [6.07, 6.45) is 0.818. The summed E-state index contributed by atoms with van der Waals surface area (Å²) in [6.45, 7) is 2.59. The molecule has 1 saturated heterocycles. The first-order valence-corrected chi connectivity index (χ1v) is 10.7. The fourth-order valence-electron chi connectivity index (χ4n) is 3.96. The normalized spacial score (nSPS) is 16.5. The Balaban J connectivity index is 1.78. The summed E-state index contributed by atoms with van der Waals surface area (Å²) < 4.78 is 5.52. The molecule has 31 heavy (non-hydrogen) atoms. The fraction of sp³-hybridized carbons (Fsp3) is 0.250. The third-order valence-electron chi connectivity index (χ3n) is 5.41. The standard InChI is InChI=1S/C24H21Cl2N3O2/c25-19-12-18(13-20(26)14-19)22-21(2-1-7-28-22)24(30)23(29-8-10-31-11-9-29)17-5-3-16(15-27)4-6-17/h1-7,12-14,23-24,30H,8-11H2. The maximum atomic E-state index is 11.6. The van der Waals surface area contributed by atoms with Crippen molar-refractivity contribution < 1.29 is 9.84 Å². The van der Waals surface area contributed by atoms with Crippen LogP contribution in [0.25, 0.3) is 11.3 Å². The zero-order valence-corrected chi connectivity index (χ0v) is 18.2. The molecule has 0 amide bonds. The maximum Gasteiger partial charge on any atom is 0.101 e. The third-order valence-corrected chi connectivity index (χ3v) is 5.85. The minimum atomic E-state index is -0.868. The molecular formula is C24H21Cl2N3O2. The molecule has 0 saturated carbocycles. The summed E-state index contributed by atoms with van der Waals surface area (Å²) in [6, 6.07) is 18.1. The van der Waals surface area contributed by atoms with Crippen LogP contribution in [0.2, 0.25) is 10.0 Å². The van der Waals surface area contributed by atoms with E-state index in [4.69, 9.17) is 33.2 Å². The quantitative estimate of drug-likeness (QED) is 0.586. The number of nitrogens with zero attached hydrogens (tertiary/aromatic N) is 3. The Morgan fingerprint density at radius 3 is 2.35 bits per heavy atom. The molecule has 1 aliphatic heterocycles. The third kappa shape index (κ3) is 4.90. The summed E-state index contributed by atoms with van der Waals surface area (Å²) >= 11 is 12.4. The van der Waals surface area contributed by atoms with Crippen LogP contribution in [-0.2, 0) is 4.74 Å². The first-order chi connectivity index (χ1) is 15.1. The lowest BCUT2D eigenvalue weighted by Gasteiger charge is -2.38. The van der Waals surface area contributed by atoms with Gasteiger partial charge in [-0.05, 0) is 42.0 Å². The molecule has 5 nitrogen and oxygen atoms in total. The van der Waals surface area contributed by atoms with Gasteiger partial charge in [-0.3, -0.25) is 9.88 Å². The van der Waals surface area contributed by atoms with Crippen molar-refractivity contribution in [2.45, 2.75) is 12.1 Å². The van der Waals surface area contributed by atoms with Crippen molar-refractivity contribution in [2.75, 3.05) is 26.3 Å². The van der Waals surface area contributed by atoms with Crippen LogP contribution in [0.1, 0.15) is 28.8 Å². The first-order valence-electron chi connectivity index (χ1n) is 9.98. The Hall–Kier alpha value is -2.46. The molecule has 1 aromatic heterocycles. The van der Waals surface area contributed by atoms with Crippen molar-refractivity contribution in [3.05, 3.63) is 87.5 Å². The molecule has 2 aromatic carbocycles. The second kappa shape index (κ2) is 9.78. The molecule has 2 atom stereocenters. The second-order valence-electron chi connectivity index (χ2n) is 7.37. The van der Waals surface area contributed by atoms with E-state index < -0.39 is 6.10 Å². The lowest BCUT2D eigenvalue weighted by Crippen LogP contribution is -2.41. The van der Waals surface area contributed by atoms with Gasteiger partial charge < -0.3 is 9.84 Å². The highest BCUT2D eigenvalue weighted by atomic mass is 35.5. The predicted octanol–water partition coefficient (Wildman–Crippen LogP) is 5.03. The van der Waals surface area contributed by atoms with E-state index in [0.717, 1.165) is 11.1 Å². The van der Waals surface area contributed by atoms with Gasteiger partial charge >= 0.3 is 0 Å². The number of ether oxygens (including phenoxy) is 1. The summed E-state index contributed by atoms with van der Waals surface area (Å²) in [5.74, 6) is 0. The van der Waals surface area contributed by atoms with Gasteiger partial charge in [-0.25, -0.2) is 0 Å². The second-order valence-corrected chi connectivity index (χ2v) is 8.24. The van der Waals surface area contributed by atoms with Crippen LogP contribution in [0.5, 0.6) is 0 Å². The molecule has 1 aliphatic rings. The number of halogens is 2. The minimum Gasteiger partial charge on any atom is -0.386 e. The topological polar surface area (TPSA) is 69.4 Å². The molecule has 0 radical (unpaired) electrons. The number of morpholine rings is 1. The van der Waals surface area contributed by atoms with E-state index in [2.05, 4.69) is 16.0 Å². The van der Waals surface area contributed by atoms with Gasteiger partial charge in [-0.15, -0.1) is 0 Å². The number of hydrogen-bond acceptors (Lipinski definition) is 5. The van der Waals surface area contributed by atoms with Crippen molar-refractivity contribution in [1.82, 2.24) is 9.88 Å². The number of nitriles is 1. The Bertz CT molecular complexity index is 1070. The van der Waals surface area contributed by atoms with E-state index >= 15 is 0 Å². The van der Waals surface area contributed by atoms with Crippen molar-refractivity contribution in [3.63, 3.8) is 0 Å². The first kappa shape index (κ1) is 21.8. The predicted molar refractivity (Wildman–Crippen MR) is 121 cm³/mol. The number of rotatable bonds is 5. The smallest absolute Gasteiger partial charge is 0.101 e. The van der Waals surface area contributed by atoms with Crippen LogP contribution in [-0.4, -0.2) is 41.3 Å². The molecule has 3 aromatic rings. The number of aliphatic hydroxyl groups excluding tert-OH is 1. The van der Waals surface area contributed by atoms with Crippen LogP contribution in [0, 0.1) is 11.3 Å². The number of aromatic nitrogens is 1. The maximum absolute atomic E-state index is 11.6. The van der Waals surface area contributed by atoms with Crippen LogP contribution >= 0.6 is 23.2 Å². The summed E-state index contributed by atoms with van der Waals surface area (Å²) in [7, 11) is 0. The summed E-state index contributed by atoms with van der Waals surface area (Å²) in [4.78, 5) is 6.74. The SMILES string of the molecule is N#Cc1ccc(C(C(O)c2cccnc2-c2cc(Cl)cc(Cl)c2)N2CCOCC2)cc1. The average molecular weight is 454 g/mol. The van der Waals surface area contributed by atoms with Crippen LogP contribution < -0.4 is 0 Å². The zero-order chi connectivity index (χ0) is 21.8. The van der Waals surface area contributed by atoms with E-state index in [0.29, 0.717) is 53.2 Å². The van der Waals surface area contributed by atoms with Crippen LogP contribution in [0.4, 0.5) is 0 Å². The molecule has 4 rings (SSSR count). The molecule has 1 N–H and O–H groups in total. The molecule has 2 heterocycles. The van der Waals surface area contributed by atoms with Crippen molar-refractivity contribution in [3.8, 4) is 17.3 Å². The molecule has 2 unspecified atom stereocenters. The average Bonchev–Trinajstić information content (AvgIpc) is 2.80. The van der Waals surface area contributed by atoms with E-state index in [-0.39, 0.29) is 6.04 Å². The molecule has 0 aliphatic carbocycles. The lowest BCUT2D eigenvalue weighted by molar-refractivity contribution is -0.0237. The zero-order valence-electron chi connectivity index (χ0n) is 16.7. The number of pyridine rings is 1. The van der Waals surface area contributed by atoms with Gasteiger partial charge in [-0.1, -0.05) is 41.4 Å². The highest BCUT2D eigenvalue weighted by molar-refractivity contribution is 6.35. The monoisotopic (exact) mass is 453 g/mol. The largest absolute Gasteiger partial charge is 0.386 e. The van der Waals surface area contributed by atoms with Gasteiger partial charge in [0.05, 0.1) is 36.6 Å². The Morgan fingerprint density at radius 1 is 1.03 bits per heavy atom. The molecule has 7 heteroatoms. The lowest BCUT2D eigenvalue weighted by atomic mass is 9.91. The number of aliphatic hydroxyl groups is 1. The van der Waals surface area contributed by atoms with Gasteiger partial charge in [-0.2, -0.15) is 5.26 Å². The Kier molecular flexibility index (Phi) is 6.86. The van der Waals surface area contributed by atoms with Crippen molar-refractivity contribution in [1.29, 1.82) is 5.26 Å². The van der Waals surface area contributed by atoms with E-state index in [1.54, 1.807) is 36.5 Å². The van der Waals surface area contributed by atoms with E-state index in [9.17, 15) is 5.11 Å². The highest BCUT2D eigenvalue weighted by Gasteiger charge is 2.32. The Labute approximate surface area is 191 Å². The molecule has 158 valence electrons. The molecular weight excluding hydrogens is 433 g/mol. The van der Waals surface area contributed by atoms with Gasteiger partial charge in [0, 0.05) is 40.5 Å². The van der Waals surface area contributed by atoms with Gasteiger partial charge in [0.15, 0.2) is 0 Å². The minimum absolute atomic E-state index is 0.325. The highest BCUT2D eigenvalue weighted by Crippen LogP contribution is 2.39. The van der Waals surface area contributed by atoms with E-state index in [1.165, 1.54) is 0 Å². The van der Waals surface area contributed by atoms with Gasteiger partial charge in [0.1, 0.15) is 6.10 Å². The van der Waals surface area contributed by atoms with Crippen LogP contribution in [0.3, 0.4) is 0 Å². The fourth-order valence-corrected chi connectivity index (χ4v) is 4.49. The van der Waals surface area contributed by atoms with Gasteiger partial charge in [0.2, 0.25) is 0 Å². The summed E-state index contributed by atoms with van der Waals surface area (Å²) in [5, 5.41) is 21.8. The number of hydrogen-bond donors (Lipinski definition) is 1. The molecule has 1 fully saturated rings. The van der Waals surface area contributed by atoms with E-state index in [1.807, 2.05) is 24.3 Å². The molecule has 0 spiro atoms.